The molecular weight excluding hydrogens is 292 g/mol. The van der Waals surface area contributed by atoms with Crippen LogP contribution in [0.2, 0.25) is 0 Å². The summed E-state index contributed by atoms with van der Waals surface area (Å²) < 4.78 is 5.99. The second-order valence-corrected chi connectivity index (χ2v) is 6.14. The number of hydrogen-bond donors (Lipinski definition) is 0. The zero-order chi connectivity index (χ0) is 16.4. The summed E-state index contributed by atoms with van der Waals surface area (Å²) in [5, 5.41) is 0. The third-order valence-electron chi connectivity index (χ3n) is 4.77. The van der Waals surface area contributed by atoms with Crippen molar-refractivity contribution in [3.8, 4) is 0 Å². The first-order valence-corrected chi connectivity index (χ1v) is 8.32. The van der Waals surface area contributed by atoms with Crippen LogP contribution in [0.25, 0.3) is 11.6 Å². The van der Waals surface area contributed by atoms with E-state index in [0.717, 1.165) is 0 Å². The summed E-state index contributed by atoms with van der Waals surface area (Å²) in [6.07, 6.45) is 2.31. The molecule has 0 aliphatic heterocycles. The van der Waals surface area contributed by atoms with Gasteiger partial charge in [-0.3, -0.25) is 0 Å². The van der Waals surface area contributed by atoms with Crippen LogP contribution in [0, 0.1) is 0 Å². The predicted octanol–water partition coefficient (Wildman–Crippen LogP) is 5.71. The van der Waals surface area contributed by atoms with Gasteiger partial charge in [0.05, 0.1) is 6.10 Å². The van der Waals surface area contributed by atoms with Crippen molar-refractivity contribution in [3.63, 3.8) is 0 Å². The Morgan fingerprint density at radius 3 is 2.08 bits per heavy atom. The Hall–Kier alpha value is -2.64. The highest BCUT2D eigenvalue weighted by molar-refractivity contribution is 5.92. The van der Waals surface area contributed by atoms with Crippen molar-refractivity contribution in [1.29, 1.82) is 0 Å². The summed E-state index contributed by atoms with van der Waals surface area (Å²) in [5.74, 6) is 0.205. The third-order valence-corrected chi connectivity index (χ3v) is 4.77. The molecule has 0 amide bonds. The van der Waals surface area contributed by atoms with Gasteiger partial charge in [0.15, 0.2) is 0 Å². The van der Waals surface area contributed by atoms with Crippen LogP contribution in [-0.4, -0.2) is 7.11 Å². The van der Waals surface area contributed by atoms with Gasteiger partial charge in [0.25, 0.3) is 0 Å². The minimum Gasteiger partial charge on any atom is -0.376 e. The Labute approximate surface area is 143 Å². The molecular formula is C23H20O. The number of fused-ring (bicyclic) bond motifs is 1. The number of hydrogen-bond acceptors (Lipinski definition) is 1. The first-order valence-electron chi connectivity index (χ1n) is 8.32. The average Bonchev–Trinajstić information content (AvgIpc) is 3.04. The molecule has 0 N–H and O–H groups in total. The Balaban J connectivity index is 1.85. The highest BCUT2D eigenvalue weighted by Gasteiger charge is 2.33. The molecule has 0 heterocycles. The smallest absolute Gasteiger partial charge is 0.0930 e. The van der Waals surface area contributed by atoms with E-state index in [1.165, 1.54) is 27.8 Å². The van der Waals surface area contributed by atoms with Crippen molar-refractivity contribution in [2.75, 3.05) is 7.11 Å². The average molecular weight is 312 g/mol. The van der Waals surface area contributed by atoms with Crippen molar-refractivity contribution in [3.05, 3.63) is 107 Å². The largest absolute Gasteiger partial charge is 0.376 e. The monoisotopic (exact) mass is 312 g/mol. The van der Waals surface area contributed by atoms with Crippen LogP contribution >= 0.6 is 0 Å². The topological polar surface area (TPSA) is 9.23 Å². The first-order chi connectivity index (χ1) is 11.9. The molecule has 1 nitrogen and oxygen atoms in total. The van der Waals surface area contributed by atoms with Gasteiger partial charge in [-0.25, -0.2) is 0 Å². The van der Waals surface area contributed by atoms with Crippen molar-refractivity contribution in [1.82, 2.24) is 0 Å². The Morgan fingerprint density at radius 1 is 0.750 bits per heavy atom. The van der Waals surface area contributed by atoms with E-state index in [0.29, 0.717) is 0 Å². The van der Waals surface area contributed by atoms with Crippen LogP contribution in [0.1, 0.15) is 34.3 Å². The molecule has 1 heteroatoms. The van der Waals surface area contributed by atoms with Gasteiger partial charge in [-0.05, 0) is 27.8 Å². The molecule has 24 heavy (non-hydrogen) atoms. The van der Waals surface area contributed by atoms with E-state index >= 15 is 0 Å². The van der Waals surface area contributed by atoms with Gasteiger partial charge in [0, 0.05) is 13.0 Å². The zero-order valence-corrected chi connectivity index (χ0v) is 13.7. The minimum atomic E-state index is 0.00121. The summed E-state index contributed by atoms with van der Waals surface area (Å²) in [4.78, 5) is 0. The summed E-state index contributed by atoms with van der Waals surface area (Å²) in [7, 11) is 1.81. The predicted molar refractivity (Wildman–Crippen MR) is 99.7 cm³/mol. The quantitative estimate of drug-likeness (QED) is 0.599. The first kappa shape index (κ1) is 14.9. The highest BCUT2D eigenvalue weighted by atomic mass is 16.5. The Kier molecular flexibility index (Phi) is 4.02. The van der Waals surface area contributed by atoms with Gasteiger partial charge >= 0.3 is 0 Å². The van der Waals surface area contributed by atoms with Gasteiger partial charge in [0.2, 0.25) is 0 Å². The fourth-order valence-corrected chi connectivity index (χ4v) is 3.68. The van der Waals surface area contributed by atoms with Gasteiger partial charge in [-0.2, -0.15) is 0 Å². The summed E-state index contributed by atoms with van der Waals surface area (Å²) >= 11 is 0. The van der Waals surface area contributed by atoms with E-state index in [-0.39, 0.29) is 12.0 Å². The molecule has 0 unspecified atom stereocenters. The molecule has 0 fully saturated rings. The minimum absolute atomic E-state index is 0.00121. The van der Waals surface area contributed by atoms with Crippen LogP contribution in [-0.2, 0) is 4.74 Å². The molecule has 0 aromatic heterocycles. The van der Waals surface area contributed by atoms with Gasteiger partial charge < -0.3 is 4.74 Å². The second kappa shape index (κ2) is 6.46. The number of ether oxygens (including phenoxy) is 1. The van der Waals surface area contributed by atoms with Crippen molar-refractivity contribution >= 4 is 11.6 Å². The van der Waals surface area contributed by atoms with E-state index in [1.807, 2.05) is 6.07 Å². The van der Waals surface area contributed by atoms with Crippen LogP contribution < -0.4 is 0 Å². The summed E-state index contributed by atoms with van der Waals surface area (Å²) in [6, 6.07) is 29.8. The molecule has 0 saturated heterocycles. The van der Waals surface area contributed by atoms with Gasteiger partial charge in [-0.1, -0.05) is 91.0 Å². The maximum Gasteiger partial charge on any atom is 0.0930 e. The Morgan fingerprint density at radius 2 is 1.38 bits per heavy atom. The standard InChI is InChI=1S/C23H20O/c1-24-23(18-12-6-3-7-13-18)22-20-15-9-8-14-19(20)16-21(22)17-10-4-2-5-11-17/h2-16,22-23H,1H3/t22-,23-/m1/s1. The molecule has 3 aromatic carbocycles. The zero-order valence-electron chi connectivity index (χ0n) is 13.7. The molecule has 4 rings (SSSR count). The Bertz CT molecular complexity index is 849. The normalized spacial score (nSPS) is 17.2. The lowest BCUT2D eigenvalue weighted by molar-refractivity contribution is 0.0941. The molecule has 0 spiro atoms. The second-order valence-electron chi connectivity index (χ2n) is 6.14. The maximum atomic E-state index is 5.99. The SMILES string of the molecule is CO[C@H](c1ccccc1)[C@H]1C(c2ccccc2)=Cc2ccccc21. The van der Waals surface area contributed by atoms with E-state index in [9.17, 15) is 0 Å². The molecule has 3 aromatic rings. The van der Waals surface area contributed by atoms with Crippen LogP contribution in [0.4, 0.5) is 0 Å². The lowest BCUT2D eigenvalue weighted by atomic mass is 9.83. The van der Waals surface area contributed by atoms with Crippen LogP contribution in [0.15, 0.2) is 84.9 Å². The lowest BCUT2D eigenvalue weighted by Gasteiger charge is -2.27. The highest BCUT2D eigenvalue weighted by Crippen LogP contribution is 2.49. The van der Waals surface area contributed by atoms with E-state index < -0.39 is 0 Å². The maximum absolute atomic E-state index is 5.99. The number of rotatable bonds is 4. The van der Waals surface area contributed by atoms with Crippen molar-refractivity contribution in [2.45, 2.75) is 12.0 Å². The molecule has 2 atom stereocenters. The summed E-state index contributed by atoms with van der Waals surface area (Å²) in [6.45, 7) is 0. The van der Waals surface area contributed by atoms with Gasteiger partial charge in [0.1, 0.15) is 0 Å². The fourth-order valence-electron chi connectivity index (χ4n) is 3.68. The van der Waals surface area contributed by atoms with Crippen molar-refractivity contribution < 1.29 is 4.74 Å². The van der Waals surface area contributed by atoms with Crippen LogP contribution in [0.3, 0.4) is 0 Å². The van der Waals surface area contributed by atoms with E-state index in [4.69, 9.17) is 4.74 Å². The van der Waals surface area contributed by atoms with Crippen LogP contribution in [0.5, 0.6) is 0 Å². The third kappa shape index (κ3) is 2.57. The molecule has 1 aliphatic rings. The molecule has 0 radical (unpaired) electrons. The lowest BCUT2D eigenvalue weighted by Crippen LogP contribution is -2.13. The number of methoxy groups -OCH3 is 1. The van der Waals surface area contributed by atoms with Crippen molar-refractivity contribution in [2.24, 2.45) is 0 Å². The van der Waals surface area contributed by atoms with E-state index in [1.54, 1.807) is 7.11 Å². The van der Waals surface area contributed by atoms with E-state index in [2.05, 4.69) is 84.9 Å². The fraction of sp³-hybridized carbons (Fsp3) is 0.130. The molecule has 0 saturated carbocycles. The number of benzene rings is 3. The molecule has 118 valence electrons. The summed E-state index contributed by atoms with van der Waals surface area (Å²) in [5.41, 5.74) is 6.43. The molecule has 1 aliphatic carbocycles. The molecule has 0 bridgehead atoms. The van der Waals surface area contributed by atoms with Gasteiger partial charge in [-0.15, -0.1) is 0 Å².